The van der Waals surface area contributed by atoms with Crippen LogP contribution in [0.4, 0.5) is 0 Å². The van der Waals surface area contributed by atoms with Gasteiger partial charge in [0.15, 0.2) is 12.2 Å². The fraction of sp³-hybridized carbons (Fsp3) is 0.800. The zero-order valence-electron chi connectivity index (χ0n) is 13.7. The summed E-state index contributed by atoms with van der Waals surface area (Å²) < 4.78 is 4.80. The predicted octanol–water partition coefficient (Wildman–Crippen LogP) is -0.385. The maximum absolute atomic E-state index is 12.3. The lowest BCUT2D eigenvalue weighted by Crippen LogP contribution is -2.51. The first-order valence-corrected chi connectivity index (χ1v) is 8.08. The van der Waals surface area contributed by atoms with Gasteiger partial charge in [-0.05, 0) is 25.3 Å². The summed E-state index contributed by atoms with van der Waals surface area (Å²) in [4.78, 5) is 35.0. The summed E-state index contributed by atoms with van der Waals surface area (Å²) in [5.74, 6) is -2.05. The summed E-state index contributed by atoms with van der Waals surface area (Å²) in [6.07, 6.45) is 1.28. The highest BCUT2D eigenvalue weighted by Crippen LogP contribution is 2.23. The lowest BCUT2D eigenvalue weighted by Gasteiger charge is -2.23. The number of carboxylic acid groups (broad SMARTS) is 1. The van der Waals surface area contributed by atoms with Crippen LogP contribution in [0.2, 0.25) is 0 Å². The number of unbranched alkanes of at least 4 members (excludes halogenated alkanes) is 2. The molecule has 0 spiro atoms. The number of carbonyl (C=O) groups excluding carboxylic acids is 2. The highest BCUT2D eigenvalue weighted by atomic mass is 16.6. The van der Waals surface area contributed by atoms with Crippen LogP contribution in [0.3, 0.4) is 0 Å². The van der Waals surface area contributed by atoms with Crippen LogP contribution in [0, 0.1) is 5.92 Å². The molecule has 0 saturated carbocycles. The molecule has 0 aromatic carbocycles. The summed E-state index contributed by atoms with van der Waals surface area (Å²) in [5, 5.41) is 14.2. The van der Waals surface area contributed by atoms with Crippen molar-refractivity contribution in [1.82, 2.24) is 10.6 Å². The van der Waals surface area contributed by atoms with Gasteiger partial charge in [-0.15, -0.1) is 0 Å². The molecule has 0 aromatic heterocycles. The SMILES string of the molecule is CC[C@H](C)[C@H](NC(=O)[C@H]1O[C@@H]1C(=O)O)C(=O)NCCCCCN. The second-order valence-corrected chi connectivity index (χ2v) is 5.83. The average Bonchev–Trinajstić information content (AvgIpc) is 3.32. The summed E-state index contributed by atoms with van der Waals surface area (Å²) in [6.45, 7) is 4.94. The third kappa shape index (κ3) is 6.15. The van der Waals surface area contributed by atoms with Crippen LogP contribution in [0.25, 0.3) is 0 Å². The normalized spacial score (nSPS) is 22.0. The number of epoxide rings is 1. The molecular formula is C15H27N3O5. The third-order valence-corrected chi connectivity index (χ3v) is 3.97. The van der Waals surface area contributed by atoms with Gasteiger partial charge in [0.05, 0.1) is 0 Å². The maximum Gasteiger partial charge on any atom is 0.336 e. The van der Waals surface area contributed by atoms with Crippen LogP contribution >= 0.6 is 0 Å². The molecular weight excluding hydrogens is 302 g/mol. The van der Waals surface area contributed by atoms with E-state index in [2.05, 4.69) is 10.6 Å². The van der Waals surface area contributed by atoms with E-state index in [0.29, 0.717) is 19.5 Å². The van der Waals surface area contributed by atoms with Gasteiger partial charge in [0.2, 0.25) is 5.91 Å². The molecule has 8 heteroatoms. The van der Waals surface area contributed by atoms with Crippen molar-refractivity contribution >= 4 is 17.8 Å². The molecule has 1 aliphatic heterocycles. The van der Waals surface area contributed by atoms with Gasteiger partial charge >= 0.3 is 5.97 Å². The molecule has 1 aliphatic rings. The Morgan fingerprint density at radius 1 is 1.22 bits per heavy atom. The van der Waals surface area contributed by atoms with Crippen molar-refractivity contribution in [3.63, 3.8) is 0 Å². The second-order valence-electron chi connectivity index (χ2n) is 5.83. The van der Waals surface area contributed by atoms with Crippen molar-refractivity contribution in [2.45, 2.75) is 57.8 Å². The minimum absolute atomic E-state index is 0.0648. The number of amides is 2. The topological polar surface area (TPSA) is 134 Å². The van der Waals surface area contributed by atoms with Crippen molar-refractivity contribution in [3.05, 3.63) is 0 Å². The Kier molecular flexibility index (Phi) is 7.97. The molecule has 4 atom stereocenters. The summed E-state index contributed by atoms with van der Waals surface area (Å²) in [5.41, 5.74) is 5.41. The number of carbonyl (C=O) groups is 3. The lowest BCUT2D eigenvalue weighted by molar-refractivity contribution is -0.138. The maximum atomic E-state index is 12.3. The molecule has 1 heterocycles. The van der Waals surface area contributed by atoms with E-state index >= 15 is 0 Å². The minimum atomic E-state index is -1.17. The fourth-order valence-electron chi connectivity index (χ4n) is 2.20. The van der Waals surface area contributed by atoms with Crippen LogP contribution in [-0.4, -0.2) is 54.2 Å². The Balaban J connectivity index is 2.47. The number of aliphatic carboxylic acids is 1. The molecule has 1 rings (SSSR count). The molecule has 1 fully saturated rings. The van der Waals surface area contributed by atoms with Gasteiger partial charge in [-0.1, -0.05) is 26.7 Å². The van der Waals surface area contributed by atoms with Gasteiger partial charge in [0.1, 0.15) is 6.04 Å². The Morgan fingerprint density at radius 2 is 1.91 bits per heavy atom. The van der Waals surface area contributed by atoms with Crippen LogP contribution < -0.4 is 16.4 Å². The first-order chi connectivity index (χ1) is 10.9. The highest BCUT2D eigenvalue weighted by molar-refractivity contribution is 5.95. The first kappa shape index (κ1) is 19.4. The quantitative estimate of drug-likeness (QED) is 0.301. The van der Waals surface area contributed by atoms with E-state index in [0.717, 1.165) is 19.3 Å². The lowest BCUT2D eigenvalue weighted by atomic mass is 9.98. The number of hydrogen-bond donors (Lipinski definition) is 4. The van der Waals surface area contributed by atoms with E-state index in [9.17, 15) is 14.4 Å². The largest absolute Gasteiger partial charge is 0.479 e. The third-order valence-electron chi connectivity index (χ3n) is 3.97. The zero-order valence-corrected chi connectivity index (χ0v) is 13.7. The van der Waals surface area contributed by atoms with E-state index in [1.807, 2.05) is 13.8 Å². The van der Waals surface area contributed by atoms with Gasteiger partial charge in [-0.3, -0.25) is 9.59 Å². The van der Waals surface area contributed by atoms with Crippen molar-refractivity contribution in [2.24, 2.45) is 11.7 Å². The molecule has 1 saturated heterocycles. The van der Waals surface area contributed by atoms with Crippen LogP contribution in [0.1, 0.15) is 39.5 Å². The van der Waals surface area contributed by atoms with Gasteiger partial charge < -0.3 is 26.2 Å². The number of hydrogen-bond acceptors (Lipinski definition) is 5. The average molecular weight is 329 g/mol. The molecule has 0 radical (unpaired) electrons. The number of nitrogens with one attached hydrogen (secondary N) is 2. The zero-order chi connectivity index (χ0) is 17.4. The van der Waals surface area contributed by atoms with Crippen molar-refractivity contribution in [3.8, 4) is 0 Å². The fourth-order valence-corrected chi connectivity index (χ4v) is 2.20. The Hall–Kier alpha value is -1.67. The van der Waals surface area contributed by atoms with Crippen LogP contribution in [0.15, 0.2) is 0 Å². The Labute approximate surface area is 136 Å². The molecule has 0 aliphatic carbocycles. The molecule has 132 valence electrons. The van der Waals surface area contributed by atoms with Crippen molar-refractivity contribution < 1.29 is 24.2 Å². The van der Waals surface area contributed by atoms with Crippen molar-refractivity contribution in [1.29, 1.82) is 0 Å². The smallest absolute Gasteiger partial charge is 0.336 e. The molecule has 0 unspecified atom stereocenters. The monoisotopic (exact) mass is 329 g/mol. The van der Waals surface area contributed by atoms with E-state index in [1.165, 1.54) is 0 Å². The number of ether oxygens (including phenoxy) is 1. The second kappa shape index (κ2) is 9.46. The van der Waals surface area contributed by atoms with Crippen LogP contribution in [0.5, 0.6) is 0 Å². The summed E-state index contributed by atoms with van der Waals surface area (Å²) in [7, 11) is 0. The van der Waals surface area contributed by atoms with E-state index < -0.39 is 30.1 Å². The van der Waals surface area contributed by atoms with E-state index in [-0.39, 0.29) is 11.8 Å². The predicted molar refractivity (Wildman–Crippen MR) is 83.6 cm³/mol. The number of nitrogens with two attached hydrogens (primary N) is 1. The van der Waals surface area contributed by atoms with Crippen molar-refractivity contribution in [2.75, 3.05) is 13.1 Å². The summed E-state index contributed by atoms with van der Waals surface area (Å²) in [6, 6.07) is -0.694. The standard InChI is InChI=1S/C15H27N3O5/c1-3-9(2)10(13(19)17-8-6-4-5-7-16)18-14(20)11-12(23-11)15(21)22/h9-12H,3-8,16H2,1-2H3,(H,17,19)(H,18,20)(H,21,22)/t9-,10-,11-,12-/m0/s1. The number of carboxylic acids is 1. The van der Waals surface area contributed by atoms with Gasteiger partial charge in [0, 0.05) is 6.54 Å². The minimum Gasteiger partial charge on any atom is -0.479 e. The number of rotatable bonds is 11. The van der Waals surface area contributed by atoms with Crippen LogP contribution in [-0.2, 0) is 19.1 Å². The van der Waals surface area contributed by atoms with Gasteiger partial charge in [0.25, 0.3) is 5.91 Å². The summed E-state index contributed by atoms with van der Waals surface area (Å²) >= 11 is 0. The van der Waals surface area contributed by atoms with E-state index in [1.54, 1.807) is 0 Å². The van der Waals surface area contributed by atoms with E-state index in [4.69, 9.17) is 15.6 Å². The van der Waals surface area contributed by atoms with Gasteiger partial charge in [-0.25, -0.2) is 4.79 Å². The highest BCUT2D eigenvalue weighted by Gasteiger charge is 2.51. The molecule has 5 N–H and O–H groups in total. The first-order valence-electron chi connectivity index (χ1n) is 8.08. The Morgan fingerprint density at radius 3 is 2.43 bits per heavy atom. The molecule has 2 amide bonds. The van der Waals surface area contributed by atoms with Gasteiger partial charge in [-0.2, -0.15) is 0 Å². The Bertz CT molecular complexity index is 429. The molecule has 0 aromatic rings. The molecule has 0 bridgehead atoms. The molecule has 23 heavy (non-hydrogen) atoms. The molecule has 8 nitrogen and oxygen atoms in total.